The smallest absolute Gasteiger partial charge is 0.393 e. The molecular weight excluding hydrogens is 584 g/mol. The van der Waals surface area contributed by atoms with Gasteiger partial charge in [-0.3, -0.25) is 19.1 Å². The van der Waals surface area contributed by atoms with Gasteiger partial charge in [0.25, 0.3) is 0 Å². The van der Waals surface area contributed by atoms with Crippen LogP contribution in [0.15, 0.2) is 72.8 Å². The number of aliphatic hydroxyl groups excluding tert-OH is 1. The molecule has 2 aromatic heterocycles. The lowest BCUT2D eigenvalue weighted by Gasteiger charge is -2.58. The number of pyridine rings is 2. The molecule has 0 bridgehead atoms. The lowest BCUT2D eigenvalue weighted by Crippen LogP contribution is -2.50. The van der Waals surface area contributed by atoms with E-state index in [0.717, 1.165) is 48.3 Å². The summed E-state index contributed by atoms with van der Waals surface area (Å²) in [6, 6.07) is 11.4. The van der Waals surface area contributed by atoms with Crippen LogP contribution in [-0.2, 0) is 10.4 Å². The molecule has 0 aromatic carbocycles. The zero-order chi connectivity index (χ0) is 33.1. The molecule has 252 valence electrons. The van der Waals surface area contributed by atoms with E-state index in [9.17, 15) is 5.11 Å². The predicted octanol–water partition coefficient (Wildman–Crippen LogP) is 8.90. The summed E-state index contributed by atoms with van der Waals surface area (Å²) in [7, 11) is -4.67. The number of nitrogens with zero attached hydrogens (tertiary/aromatic N) is 2. The Balaban J connectivity index is 0.000000262. The van der Waals surface area contributed by atoms with Gasteiger partial charge in [0, 0.05) is 24.8 Å². The number of rotatable bonds is 5. The van der Waals surface area contributed by atoms with Crippen molar-refractivity contribution in [1.29, 1.82) is 0 Å². The molecular formula is C37H58N2O5S. The minimum Gasteiger partial charge on any atom is -0.393 e. The fourth-order valence-electron chi connectivity index (χ4n) is 9.29. The first-order chi connectivity index (χ1) is 21.3. The molecule has 2 aromatic rings. The highest BCUT2D eigenvalue weighted by Gasteiger charge is 2.59. The zero-order valence-corrected chi connectivity index (χ0v) is 28.9. The molecule has 3 saturated carbocycles. The van der Waals surface area contributed by atoms with E-state index in [0.29, 0.717) is 10.8 Å². The molecule has 4 aliphatic carbocycles. The Morgan fingerprint density at radius 2 is 1.40 bits per heavy atom. The van der Waals surface area contributed by atoms with Crippen molar-refractivity contribution < 1.29 is 22.6 Å². The Morgan fingerprint density at radius 3 is 1.89 bits per heavy atom. The minimum absolute atomic E-state index is 0.0766. The summed E-state index contributed by atoms with van der Waals surface area (Å²) in [5.74, 6) is 5.46. The van der Waals surface area contributed by atoms with Gasteiger partial charge >= 0.3 is 10.4 Å². The van der Waals surface area contributed by atoms with E-state index in [-0.39, 0.29) is 6.10 Å². The van der Waals surface area contributed by atoms with Gasteiger partial charge in [-0.2, -0.15) is 8.42 Å². The zero-order valence-electron chi connectivity index (χ0n) is 28.1. The number of fused-ring (bicyclic) bond motifs is 5. The Morgan fingerprint density at radius 1 is 0.822 bits per heavy atom. The van der Waals surface area contributed by atoms with E-state index < -0.39 is 10.4 Å². The summed E-state index contributed by atoms with van der Waals surface area (Å²) in [4.78, 5) is 7.57. The molecule has 3 N–H and O–H groups in total. The molecule has 0 spiro atoms. The van der Waals surface area contributed by atoms with Crippen molar-refractivity contribution in [3.05, 3.63) is 72.8 Å². The summed E-state index contributed by atoms with van der Waals surface area (Å²) in [6.07, 6.45) is 24.2. The predicted molar refractivity (Wildman–Crippen MR) is 182 cm³/mol. The van der Waals surface area contributed by atoms with Crippen LogP contribution in [0.5, 0.6) is 0 Å². The van der Waals surface area contributed by atoms with Gasteiger partial charge in [-0.05, 0) is 122 Å². The second kappa shape index (κ2) is 17.1. The third kappa shape index (κ3) is 11.0. The third-order valence-corrected chi connectivity index (χ3v) is 11.4. The fraction of sp³-hybridized carbons (Fsp3) is 0.676. The summed E-state index contributed by atoms with van der Waals surface area (Å²) in [6.45, 7) is 12.6. The van der Waals surface area contributed by atoms with Crippen LogP contribution in [-0.4, -0.2) is 38.7 Å². The molecule has 2 heterocycles. The van der Waals surface area contributed by atoms with Crippen molar-refractivity contribution in [2.45, 2.75) is 111 Å². The van der Waals surface area contributed by atoms with E-state index in [2.05, 4.69) is 50.7 Å². The average molecular weight is 643 g/mol. The monoisotopic (exact) mass is 642 g/mol. The molecule has 4 aliphatic rings. The van der Waals surface area contributed by atoms with Gasteiger partial charge in [0.1, 0.15) is 0 Å². The number of hydrogen-bond donors (Lipinski definition) is 3. The molecule has 8 atom stereocenters. The van der Waals surface area contributed by atoms with Gasteiger partial charge in [0.2, 0.25) is 0 Å². The number of allylic oxidation sites excluding steroid dienone is 1. The quantitative estimate of drug-likeness (QED) is 0.220. The number of hydrogen-bond acceptors (Lipinski definition) is 5. The van der Waals surface area contributed by atoms with Crippen molar-refractivity contribution in [1.82, 2.24) is 9.97 Å². The maximum atomic E-state index is 10.2. The topological polar surface area (TPSA) is 121 Å². The van der Waals surface area contributed by atoms with Crippen LogP contribution in [0.2, 0.25) is 0 Å². The molecule has 6 rings (SSSR count). The fourth-order valence-corrected chi connectivity index (χ4v) is 9.29. The van der Waals surface area contributed by atoms with Crippen LogP contribution in [0.4, 0.5) is 0 Å². The van der Waals surface area contributed by atoms with E-state index in [1.54, 1.807) is 30.4 Å². The average Bonchev–Trinajstić information content (AvgIpc) is 3.36. The third-order valence-electron chi connectivity index (χ3n) is 11.4. The van der Waals surface area contributed by atoms with Crippen LogP contribution in [0.3, 0.4) is 0 Å². The van der Waals surface area contributed by atoms with Gasteiger partial charge in [0.15, 0.2) is 0 Å². The van der Waals surface area contributed by atoms with Crippen molar-refractivity contribution in [2.75, 3.05) is 0 Å². The molecule has 0 aliphatic heterocycles. The van der Waals surface area contributed by atoms with Crippen LogP contribution in [0.1, 0.15) is 105 Å². The second-order valence-electron chi connectivity index (χ2n) is 14.7. The van der Waals surface area contributed by atoms with Gasteiger partial charge in [0.05, 0.1) is 6.10 Å². The minimum atomic E-state index is -4.67. The second-order valence-corrected chi connectivity index (χ2v) is 15.6. The van der Waals surface area contributed by atoms with Crippen molar-refractivity contribution in [3.63, 3.8) is 0 Å². The Hall–Kier alpha value is -2.13. The highest BCUT2D eigenvalue weighted by Crippen LogP contribution is 2.67. The molecule has 8 heteroatoms. The summed E-state index contributed by atoms with van der Waals surface area (Å²) in [5.41, 5.74) is 2.60. The van der Waals surface area contributed by atoms with Gasteiger partial charge in [-0.1, -0.05) is 77.7 Å². The van der Waals surface area contributed by atoms with E-state index in [4.69, 9.17) is 17.5 Å². The van der Waals surface area contributed by atoms with Crippen molar-refractivity contribution in [2.24, 2.45) is 46.3 Å². The van der Waals surface area contributed by atoms with Crippen LogP contribution >= 0.6 is 0 Å². The highest BCUT2D eigenvalue weighted by atomic mass is 32.3. The van der Waals surface area contributed by atoms with E-state index >= 15 is 0 Å². The molecule has 3 fully saturated rings. The Kier molecular flexibility index (Phi) is 14.2. The molecule has 0 amide bonds. The molecule has 0 radical (unpaired) electrons. The standard InChI is InChI=1S/C27H46O.2C5H5N.H2O4S/c1-18(2)7-6-8-19(3)23-11-12-24-22-10-9-20-17-21(28)13-15-26(20,4)25(22)14-16-27(23,24)5;2*1-2-4-6-5-3-1;1-5(2,3)4/h9,18-19,21-25,28H,6-8,10-17H2,1-5H3;2*1-5H;(H2,1,2,3,4)/t19?,21-,22-,23+,24-,25-,26-,27+;;;/m0.../s1. The normalized spacial score (nSPS) is 32.4. The van der Waals surface area contributed by atoms with E-state index in [1.807, 2.05) is 36.4 Å². The Bertz CT molecular complexity index is 1170. The molecule has 45 heavy (non-hydrogen) atoms. The largest absolute Gasteiger partial charge is 0.394 e. The van der Waals surface area contributed by atoms with E-state index in [1.165, 1.54) is 57.8 Å². The highest BCUT2D eigenvalue weighted by molar-refractivity contribution is 7.79. The van der Waals surface area contributed by atoms with Crippen LogP contribution in [0.25, 0.3) is 0 Å². The lowest BCUT2D eigenvalue weighted by molar-refractivity contribution is -0.0573. The summed E-state index contributed by atoms with van der Waals surface area (Å²) >= 11 is 0. The van der Waals surface area contributed by atoms with Crippen molar-refractivity contribution in [3.8, 4) is 0 Å². The molecule has 1 unspecified atom stereocenters. The lowest BCUT2D eigenvalue weighted by atomic mass is 9.47. The maximum Gasteiger partial charge on any atom is 0.394 e. The van der Waals surface area contributed by atoms with Crippen LogP contribution in [0, 0.1) is 46.3 Å². The number of aliphatic hydroxyl groups is 1. The Labute approximate surface area is 273 Å². The first-order valence-electron chi connectivity index (χ1n) is 17.0. The maximum absolute atomic E-state index is 10.2. The SMILES string of the molecule is CC(C)CCCC(C)[C@H]1CC[C@H]2[C@@H]3CC=C4C[C@@H](O)CC[C@]4(C)[C@H]3CC[C@]12C.O=S(=O)(O)O.c1ccncc1.c1ccncc1. The summed E-state index contributed by atoms with van der Waals surface area (Å²) < 4.78 is 31.6. The van der Waals surface area contributed by atoms with Gasteiger partial charge < -0.3 is 5.11 Å². The van der Waals surface area contributed by atoms with Gasteiger partial charge in [-0.25, -0.2) is 0 Å². The summed E-state index contributed by atoms with van der Waals surface area (Å²) in [5, 5.41) is 10.2. The number of aromatic nitrogens is 2. The first kappa shape index (κ1) is 37.3. The van der Waals surface area contributed by atoms with Gasteiger partial charge in [-0.15, -0.1) is 0 Å². The van der Waals surface area contributed by atoms with Crippen LogP contribution < -0.4 is 0 Å². The molecule has 7 nitrogen and oxygen atoms in total. The first-order valence-corrected chi connectivity index (χ1v) is 18.4. The van der Waals surface area contributed by atoms with Crippen molar-refractivity contribution >= 4 is 10.4 Å². The molecule has 0 saturated heterocycles.